The second kappa shape index (κ2) is 7.94. The molecule has 1 aromatic rings. The van der Waals surface area contributed by atoms with E-state index in [0.29, 0.717) is 32.0 Å². The topological polar surface area (TPSA) is 82.6 Å². The molecule has 24 heavy (non-hydrogen) atoms. The van der Waals surface area contributed by atoms with Crippen LogP contribution in [0.5, 0.6) is 0 Å². The quantitative estimate of drug-likeness (QED) is 0.368. The molecule has 1 aliphatic carbocycles. The number of nitrogens with one attached hydrogen (secondary N) is 3. The van der Waals surface area contributed by atoms with Gasteiger partial charge in [0.1, 0.15) is 5.82 Å². The van der Waals surface area contributed by atoms with Crippen LogP contribution in [0.15, 0.2) is 29.3 Å². The summed E-state index contributed by atoms with van der Waals surface area (Å²) in [5, 5.41) is 6.42. The highest BCUT2D eigenvalue weighted by Gasteiger charge is 2.44. The van der Waals surface area contributed by atoms with Crippen LogP contribution < -0.4 is 15.4 Å². The molecular formula is C16H25FN4O2S. The number of hydrogen-bond acceptors (Lipinski definition) is 3. The molecule has 0 aliphatic heterocycles. The largest absolute Gasteiger partial charge is 0.356 e. The van der Waals surface area contributed by atoms with Crippen LogP contribution in [0.4, 0.5) is 4.39 Å². The molecule has 0 heterocycles. The number of aliphatic imine (C=N–C) groups is 1. The SMILES string of the molecule is CN=C(NCCCNS(C)(=O)=O)NCC1(c2cccc(F)c2)CC1. The summed E-state index contributed by atoms with van der Waals surface area (Å²) in [6.07, 6.45) is 3.85. The number of benzene rings is 1. The van der Waals surface area contributed by atoms with E-state index in [-0.39, 0.29) is 11.2 Å². The summed E-state index contributed by atoms with van der Waals surface area (Å²) in [6.45, 7) is 1.68. The molecule has 1 aliphatic rings. The lowest BCUT2D eigenvalue weighted by atomic mass is 9.96. The molecule has 1 aromatic carbocycles. The van der Waals surface area contributed by atoms with Gasteiger partial charge < -0.3 is 10.6 Å². The number of hydrogen-bond donors (Lipinski definition) is 3. The lowest BCUT2D eigenvalue weighted by Gasteiger charge is -2.19. The maximum atomic E-state index is 13.4. The molecule has 3 N–H and O–H groups in total. The smallest absolute Gasteiger partial charge is 0.208 e. The highest BCUT2D eigenvalue weighted by molar-refractivity contribution is 7.88. The predicted molar refractivity (Wildman–Crippen MR) is 94.1 cm³/mol. The van der Waals surface area contributed by atoms with Gasteiger partial charge in [-0.05, 0) is 37.0 Å². The van der Waals surface area contributed by atoms with Gasteiger partial charge in [0.2, 0.25) is 10.0 Å². The number of nitrogens with zero attached hydrogens (tertiary/aromatic N) is 1. The first kappa shape index (κ1) is 18.7. The van der Waals surface area contributed by atoms with Crippen LogP contribution >= 0.6 is 0 Å². The van der Waals surface area contributed by atoms with Gasteiger partial charge >= 0.3 is 0 Å². The third-order valence-electron chi connectivity index (χ3n) is 4.12. The molecule has 0 saturated heterocycles. The van der Waals surface area contributed by atoms with Crippen LogP contribution in [0, 0.1) is 5.82 Å². The molecule has 1 fully saturated rings. The number of halogens is 1. The molecule has 2 rings (SSSR count). The van der Waals surface area contributed by atoms with Crippen LogP contribution in [0.2, 0.25) is 0 Å². The van der Waals surface area contributed by atoms with Gasteiger partial charge in [-0.3, -0.25) is 4.99 Å². The van der Waals surface area contributed by atoms with Crippen LogP contribution in [0.25, 0.3) is 0 Å². The zero-order valence-corrected chi connectivity index (χ0v) is 14.9. The van der Waals surface area contributed by atoms with E-state index in [1.54, 1.807) is 19.2 Å². The molecular weight excluding hydrogens is 331 g/mol. The molecule has 1 saturated carbocycles. The summed E-state index contributed by atoms with van der Waals surface area (Å²) in [5.74, 6) is 0.455. The molecule has 0 radical (unpaired) electrons. The zero-order chi connectivity index (χ0) is 17.6. The second-order valence-corrected chi connectivity index (χ2v) is 8.00. The van der Waals surface area contributed by atoms with Gasteiger partial charge in [-0.1, -0.05) is 12.1 Å². The van der Waals surface area contributed by atoms with Crippen LogP contribution in [-0.2, 0) is 15.4 Å². The van der Waals surface area contributed by atoms with E-state index in [4.69, 9.17) is 0 Å². The molecule has 0 amide bonds. The van der Waals surface area contributed by atoms with E-state index in [1.165, 1.54) is 6.07 Å². The summed E-state index contributed by atoms with van der Waals surface area (Å²) in [5.41, 5.74) is 1.00. The second-order valence-electron chi connectivity index (χ2n) is 6.16. The molecule has 8 heteroatoms. The average molecular weight is 356 g/mol. The first-order valence-corrected chi connectivity index (χ1v) is 9.89. The number of rotatable bonds is 8. The van der Waals surface area contributed by atoms with Crippen molar-refractivity contribution in [3.05, 3.63) is 35.6 Å². The Morgan fingerprint density at radius 2 is 2.04 bits per heavy atom. The predicted octanol–water partition coefficient (Wildman–Crippen LogP) is 0.962. The minimum absolute atomic E-state index is 0.0163. The van der Waals surface area contributed by atoms with Crippen molar-refractivity contribution >= 4 is 16.0 Å². The van der Waals surface area contributed by atoms with Crippen LogP contribution in [-0.4, -0.2) is 47.3 Å². The molecule has 0 bridgehead atoms. The van der Waals surface area contributed by atoms with Crippen molar-refractivity contribution in [2.45, 2.75) is 24.7 Å². The van der Waals surface area contributed by atoms with E-state index in [1.807, 2.05) is 6.07 Å². The van der Waals surface area contributed by atoms with Gasteiger partial charge in [-0.15, -0.1) is 0 Å². The Kier molecular flexibility index (Phi) is 6.17. The van der Waals surface area contributed by atoms with Gasteiger partial charge in [0, 0.05) is 32.1 Å². The fourth-order valence-electron chi connectivity index (χ4n) is 2.56. The molecule has 0 unspecified atom stereocenters. The lowest BCUT2D eigenvalue weighted by Crippen LogP contribution is -2.42. The highest BCUT2D eigenvalue weighted by Crippen LogP contribution is 2.47. The number of sulfonamides is 1. The first-order chi connectivity index (χ1) is 11.3. The molecule has 6 nitrogen and oxygen atoms in total. The zero-order valence-electron chi connectivity index (χ0n) is 14.1. The Bertz CT molecular complexity index is 687. The minimum Gasteiger partial charge on any atom is -0.356 e. The van der Waals surface area contributed by atoms with Gasteiger partial charge in [0.25, 0.3) is 0 Å². The maximum Gasteiger partial charge on any atom is 0.208 e. The van der Waals surface area contributed by atoms with Crippen LogP contribution in [0.1, 0.15) is 24.8 Å². The summed E-state index contributed by atoms with van der Waals surface area (Å²) in [4.78, 5) is 4.16. The highest BCUT2D eigenvalue weighted by atomic mass is 32.2. The Balaban J connectivity index is 1.76. The van der Waals surface area contributed by atoms with E-state index in [0.717, 1.165) is 24.7 Å². The Hall–Kier alpha value is -1.67. The lowest BCUT2D eigenvalue weighted by molar-refractivity contribution is 0.584. The summed E-state index contributed by atoms with van der Waals surface area (Å²) >= 11 is 0. The van der Waals surface area contributed by atoms with Crippen molar-refractivity contribution < 1.29 is 12.8 Å². The first-order valence-electron chi connectivity index (χ1n) is 8.00. The Labute approximate surface area is 143 Å². The summed E-state index contributed by atoms with van der Waals surface area (Å²) in [7, 11) is -1.45. The summed E-state index contributed by atoms with van der Waals surface area (Å²) in [6, 6.07) is 6.76. The third-order valence-corrected chi connectivity index (χ3v) is 4.85. The van der Waals surface area contributed by atoms with E-state index in [2.05, 4.69) is 20.3 Å². The van der Waals surface area contributed by atoms with Gasteiger partial charge in [0.05, 0.1) is 6.26 Å². The van der Waals surface area contributed by atoms with E-state index >= 15 is 0 Å². The Morgan fingerprint density at radius 3 is 2.62 bits per heavy atom. The van der Waals surface area contributed by atoms with Crippen molar-refractivity contribution in [1.82, 2.24) is 15.4 Å². The van der Waals surface area contributed by atoms with E-state index < -0.39 is 10.0 Å². The van der Waals surface area contributed by atoms with Crippen molar-refractivity contribution in [2.24, 2.45) is 4.99 Å². The Morgan fingerprint density at radius 1 is 1.29 bits per heavy atom. The van der Waals surface area contributed by atoms with Crippen molar-refractivity contribution in [2.75, 3.05) is 32.9 Å². The van der Waals surface area contributed by atoms with E-state index in [9.17, 15) is 12.8 Å². The van der Waals surface area contributed by atoms with Gasteiger partial charge in [-0.2, -0.15) is 0 Å². The number of guanidine groups is 1. The summed E-state index contributed by atoms with van der Waals surface area (Å²) < 4.78 is 37.8. The molecule has 0 atom stereocenters. The fraction of sp³-hybridized carbons (Fsp3) is 0.562. The van der Waals surface area contributed by atoms with Crippen molar-refractivity contribution in [3.8, 4) is 0 Å². The van der Waals surface area contributed by atoms with Crippen LogP contribution in [0.3, 0.4) is 0 Å². The molecule has 134 valence electrons. The average Bonchev–Trinajstić information content (AvgIpc) is 3.30. The van der Waals surface area contributed by atoms with Crippen molar-refractivity contribution in [3.63, 3.8) is 0 Å². The molecule has 0 aromatic heterocycles. The fourth-order valence-corrected chi connectivity index (χ4v) is 3.08. The normalized spacial score (nSPS) is 16.7. The van der Waals surface area contributed by atoms with Gasteiger partial charge in [-0.25, -0.2) is 17.5 Å². The third kappa shape index (κ3) is 5.76. The monoisotopic (exact) mass is 356 g/mol. The minimum atomic E-state index is -3.14. The standard InChI is InChI=1S/C16H25FN4O2S/c1-18-15(19-9-4-10-21-24(2,22)23)20-12-16(7-8-16)13-5-3-6-14(17)11-13/h3,5-6,11,21H,4,7-10,12H2,1-2H3,(H2,18,19,20). The van der Waals surface area contributed by atoms with Crippen molar-refractivity contribution in [1.29, 1.82) is 0 Å². The van der Waals surface area contributed by atoms with Gasteiger partial charge in [0.15, 0.2) is 5.96 Å². The maximum absolute atomic E-state index is 13.4. The molecule has 0 spiro atoms.